The monoisotopic (exact) mass is 251 g/mol. The number of halogens is 1. The molecule has 0 atom stereocenters. The van der Waals surface area contributed by atoms with Crippen LogP contribution in [0.25, 0.3) is 0 Å². The predicted octanol–water partition coefficient (Wildman–Crippen LogP) is 1.87. The highest BCUT2D eigenvalue weighted by molar-refractivity contribution is 6.30. The third-order valence-electron chi connectivity index (χ3n) is 2.33. The molecule has 88 valence electrons. The lowest BCUT2D eigenvalue weighted by atomic mass is 10.1. The summed E-state index contributed by atoms with van der Waals surface area (Å²) in [7, 11) is 0. The molecule has 17 heavy (non-hydrogen) atoms. The molecular formula is C11H10ClN3O2. The average molecular weight is 252 g/mol. The molecule has 2 rings (SSSR count). The van der Waals surface area contributed by atoms with Crippen molar-refractivity contribution in [1.82, 2.24) is 9.78 Å². The number of rotatable bonds is 3. The van der Waals surface area contributed by atoms with E-state index in [1.165, 1.54) is 6.20 Å². The van der Waals surface area contributed by atoms with Crippen molar-refractivity contribution in [3.8, 4) is 0 Å². The van der Waals surface area contributed by atoms with Crippen LogP contribution >= 0.6 is 11.6 Å². The van der Waals surface area contributed by atoms with E-state index in [0.717, 1.165) is 0 Å². The van der Waals surface area contributed by atoms with E-state index in [-0.39, 0.29) is 11.3 Å². The topological polar surface area (TPSA) is 81.1 Å². The summed E-state index contributed by atoms with van der Waals surface area (Å²) in [5.41, 5.74) is 6.59. The summed E-state index contributed by atoms with van der Waals surface area (Å²) in [6.45, 7) is 0.319. The standard InChI is InChI=1S/C11H10ClN3O2/c12-8-4-14-15(6-8)5-7-2-1-3-9(13)10(7)11(16)17/h1-4,6H,5,13H2,(H,16,17). The van der Waals surface area contributed by atoms with Gasteiger partial charge in [0.05, 0.1) is 23.3 Å². The molecule has 0 unspecified atom stereocenters. The van der Waals surface area contributed by atoms with E-state index in [9.17, 15) is 4.79 Å². The minimum Gasteiger partial charge on any atom is -0.478 e. The Labute approximate surface area is 102 Å². The third-order valence-corrected chi connectivity index (χ3v) is 2.53. The normalized spacial score (nSPS) is 10.4. The molecule has 0 aliphatic heterocycles. The number of benzene rings is 1. The lowest BCUT2D eigenvalue weighted by Gasteiger charge is -2.08. The van der Waals surface area contributed by atoms with Crippen molar-refractivity contribution in [1.29, 1.82) is 0 Å². The number of aromatic nitrogens is 2. The minimum absolute atomic E-state index is 0.110. The highest BCUT2D eigenvalue weighted by atomic mass is 35.5. The highest BCUT2D eigenvalue weighted by Crippen LogP contribution is 2.18. The van der Waals surface area contributed by atoms with Crippen LogP contribution in [-0.2, 0) is 6.54 Å². The van der Waals surface area contributed by atoms with Gasteiger partial charge < -0.3 is 10.8 Å². The maximum absolute atomic E-state index is 11.1. The fourth-order valence-electron chi connectivity index (χ4n) is 1.61. The fraction of sp³-hybridized carbons (Fsp3) is 0.0909. The molecule has 0 bridgehead atoms. The van der Waals surface area contributed by atoms with Crippen LogP contribution in [0, 0.1) is 0 Å². The van der Waals surface area contributed by atoms with E-state index in [1.807, 2.05) is 0 Å². The van der Waals surface area contributed by atoms with Crippen LogP contribution in [0.2, 0.25) is 5.02 Å². The second kappa shape index (κ2) is 4.47. The van der Waals surface area contributed by atoms with Crippen LogP contribution < -0.4 is 5.73 Å². The molecule has 1 aromatic heterocycles. The van der Waals surface area contributed by atoms with Gasteiger partial charge in [-0.3, -0.25) is 4.68 Å². The molecule has 0 amide bonds. The van der Waals surface area contributed by atoms with Crippen LogP contribution in [0.4, 0.5) is 5.69 Å². The van der Waals surface area contributed by atoms with Gasteiger partial charge in [-0.25, -0.2) is 4.79 Å². The Morgan fingerprint density at radius 1 is 1.53 bits per heavy atom. The molecule has 3 N–H and O–H groups in total. The summed E-state index contributed by atoms with van der Waals surface area (Å²) in [6.07, 6.45) is 3.12. The second-order valence-electron chi connectivity index (χ2n) is 3.54. The van der Waals surface area contributed by atoms with E-state index in [4.69, 9.17) is 22.4 Å². The van der Waals surface area contributed by atoms with Crippen LogP contribution in [0.15, 0.2) is 30.6 Å². The minimum atomic E-state index is -1.05. The Balaban J connectivity index is 2.39. The fourth-order valence-corrected chi connectivity index (χ4v) is 1.77. The number of anilines is 1. The molecule has 0 aliphatic carbocycles. The lowest BCUT2D eigenvalue weighted by molar-refractivity contribution is 0.0696. The summed E-state index contributed by atoms with van der Waals surface area (Å²) >= 11 is 5.74. The Morgan fingerprint density at radius 3 is 2.88 bits per heavy atom. The third kappa shape index (κ3) is 2.39. The number of carboxylic acid groups (broad SMARTS) is 1. The Morgan fingerprint density at radius 2 is 2.29 bits per heavy atom. The number of aromatic carboxylic acids is 1. The molecule has 1 heterocycles. The Hall–Kier alpha value is -2.01. The smallest absolute Gasteiger partial charge is 0.338 e. The van der Waals surface area contributed by atoms with Crippen molar-refractivity contribution in [3.05, 3.63) is 46.7 Å². The van der Waals surface area contributed by atoms with Crippen LogP contribution in [0.5, 0.6) is 0 Å². The van der Waals surface area contributed by atoms with Gasteiger partial charge in [0.2, 0.25) is 0 Å². The van der Waals surface area contributed by atoms with Crippen LogP contribution in [0.1, 0.15) is 15.9 Å². The Bertz CT molecular complexity index is 566. The quantitative estimate of drug-likeness (QED) is 0.816. The number of nitrogen functional groups attached to an aromatic ring is 1. The number of carbonyl (C=O) groups is 1. The largest absolute Gasteiger partial charge is 0.478 e. The summed E-state index contributed by atoms with van der Waals surface area (Å²) in [6, 6.07) is 4.97. The van der Waals surface area contributed by atoms with Crippen molar-refractivity contribution in [2.45, 2.75) is 6.54 Å². The van der Waals surface area contributed by atoms with Crippen LogP contribution in [-0.4, -0.2) is 20.9 Å². The lowest BCUT2D eigenvalue weighted by Crippen LogP contribution is -2.10. The van der Waals surface area contributed by atoms with Crippen molar-refractivity contribution in [2.24, 2.45) is 0 Å². The molecular weight excluding hydrogens is 242 g/mol. The van der Waals surface area contributed by atoms with Gasteiger partial charge in [-0.05, 0) is 11.6 Å². The number of nitrogens with two attached hydrogens (primary N) is 1. The van der Waals surface area contributed by atoms with Crippen molar-refractivity contribution in [3.63, 3.8) is 0 Å². The van der Waals surface area contributed by atoms with E-state index in [2.05, 4.69) is 5.10 Å². The second-order valence-corrected chi connectivity index (χ2v) is 3.98. The van der Waals surface area contributed by atoms with Crippen LogP contribution in [0.3, 0.4) is 0 Å². The maximum atomic E-state index is 11.1. The molecule has 0 fully saturated rings. The highest BCUT2D eigenvalue weighted by Gasteiger charge is 2.13. The molecule has 5 nitrogen and oxygen atoms in total. The van der Waals surface area contributed by atoms with Gasteiger partial charge in [0.1, 0.15) is 0 Å². The first-order valence-corrected chi connectivity index (χ1v) is 5.24. The van der Waals surface area contributed by atoms with Crippen molar-refractivity contribution in [2.75, 3.05) is 5.73 Å². The molecule has 0 saturated carbocycles. The van der Waals surface area contributed by atoms with Gasteiger partial charge in [0, 0.05) is 11.9 Å². The SMILES string of the molecule is Nc1cccc(Cn2cc(Cl)cn2)c1C(=O)O. The molecule has 6 heteroatoms. The van der Waals surface area contributed by atoms with Gasteiger partial charge in [-0.15, -0.1) is 0 Å². The number of carboxylic acids is 1. The zero-order chi connectivity index (χ0) is 12.4. The predicted molar refractivity (Wildman–Crippen MR) is 64.2 cm³/mol. The van der Waals surface area contributed by atoms with E-state index in [1.54, 1.807) is 29.1 Å². The summed E-state index contributed by atoms with van der Waals surface area (Å²) < 4.78 is 1.56. The van der Waals surface area contributed by atoms with Crippen molar-refractivity contribution < 1.29 is 9.90 Å². The first-order chi connectivity index (χ1) is 8.08. The van der Waals surface area contributed by atoms with Gasteiger partial charge in [-0.2, -0.15) is 5.10 Å². The van der Waals surface area contributed by atoms with E-state index >= 15 is 0 Å². The summed E-state index contributed by atoms with van der Waals surface area (Å²) in [5, 5.41) is 13.6. The zero-order valence-electron chi connectivity index (χ0n) is 8.80. The van der Waals surface area contributed by atoms with E-state index in [0.29, 0.717) is 17.1 Å². The number of hydrogen-bond donors (Lipinski definition) is 2. The van der Waals surface area contributed by atoms with Gasteiger partial charge in [0.15, 0.2) is 0 Å². The summed E-state index contributed by atoms with van der Waals surface area (Å²) in [4.78, 5) is 11.1. The van der Waals surface area contributed by atoms with E-state index < -0.39 is 5.97 Å². The first-order valence-electron chi connectivity index (χ1n) is 4.86. The molecule has 0 spiro atoms. The first kappa shape index (κ1) is 11.5. The van der Waals surface area contributed by atoms with Gasteiger partial charge in [-0.1, -0.05) is 23.7 Å². The summed E-state index contributed by atoms with van der Waals surface area (Å²) in [5.74, 6) is -1.05. The number of hydrogen-bond acceptors (Lipinski definition) is 3. The maximum Gasteiger partial charge on any atom is 0.338 e. The molecule has 2 aromatic rings. The Kier molecular flexibility index (Phi) is 3.01. The average Bonchev–Trinajstić information content (AvgIpc) is 2.63. The van der Waals surface area contributed by atoms with Crippen molar-refractivity contribution >= 4 is 23.3 Å². The molecule has 0 saturated heterocycles. The molecule has 0 aliphatic rings. The number of nitrogens with zero attached hydrogens (tertiary/aromatic N) is 2. The zero-order valence-corrected chi connectivity index (χ0v) is 9.55. The molecule has 0 radical (unpaired) electrons. The van der Waals surface area contributed by atoms with Gasteiger partial charge >= 0.3 is 5.97 Å². The van der Waals surface area contributed by atoms with Gasteiger partial charge in [0.25, 0.3) is 0 Å². The molecule has 1 aromatic carbocycles.